The molecule has 10 nitrogen and oxygen atoms in total. The first kappa shape index (κ1) is 42.3. The summed E-state index contributed by atoms with van der Waals surface area (Å²) >= 11 is 0. The van der Waals surface area contributed by atoms with Gasteiger partial charge in [0.05, 0.1) is 37.1 Å². The predicted octanol–water partition coefficient (Wildman–Crippen LogP) is 5.89. The summed E-state index contributed by atoms with van der Waals surface area (Å²) in [4.78, 5) is 41.5. The number of ether oxygens (including phenoxy) is 4. The molecule has 1 N–H and O–H groups in total. The first-order valence-corrected chi connectivity index (χ1v) is 18.2. The van der Waals surface area contributed by atoms with E-state index in [1.54, 1.807) is 4.90 Å². The molecular weight excluding hydrogens is 586 g/mol. The third kappa shape index (κ3) is 18.0. The van der Waals surface area contributed by atoms with Gasteiger partial charge in [-0.05, 0) is 107 Å². The number of carbonyl (C=O) groups is 3. The fraction of sp³-hybridized carbons (Fsp3) is 0.917. The molecule has 0 aromatic rings. The molecule has 270 valence electrons. The largest absolute Gasteiger partial charge is 0.379 e. The Hall–Kier alpha value is -1.75. The third-order valence-corrected chi connectivity index (χ3v) is 8.00. The van der Waals surface area contributed by atoms with Gasteiger partial charge in [0.2, 0.25) is 11.8 Å². The number of hydrogen-bond acceptors (Lipinski definition) is 7. The number of nitrogens with one attached hydrogen (secondary N) is 1. The van der Waals surface area contributed by atoms with Crippen molar-refractivity contribution >= 4 is 17.7 Å². The van der Waals surface area contributed by atoms with Crippen LogP contribution in [-0.2, 0) is 33.3 Å². The molecule has 0 aromatic carbocycles. The highest BCUT2D eigenvalue weighted by Gasteiger charge is 2.37. The van der Waals surface area contributed by atoms with Crippen LogP contribution < -0.4 is 5.32 Å². The zero-order chi connectivity index (χ0) is 34.5. The van der Waals surface area contributed by atoms with Gasteiger partial charge in [-0.1, -0.05) is 19.8 Å². The van der Waals surface area contributed by atoms with Gasteiger partial charge in [0.15, 0.2) is 0 Å². The summed E-state index contributed by atoms with van der Waals surface area (Å²) < 4.78 is 22.5. The van der Waals surface area contributed by atoms with Crippen LogP contribution in [0.3, 0.4) is 0 Å². The van der Waals surface area contributed by atoms with Crippen molar-refractivity contribution in [2.45, 2.75) is 176 Å². The summed E-state index contributed by atoms with van der Waals surface area (Å²) in [6.45, 7) is 22.3. The van der Waals surface area contributed by atoms with Gasteiger partial charge in [-0.2, -0.15) is 0 Å². The molecule has 10 heteroatoms. The molecule has 3 amide bonds. The van der Waals surface area contributed by atoms with E-state index < -0.39 is 6.10 Å². The quantitative estimate of drug-likeness (QED) is 0.154. The number of nitrogens with zero attached hydrogens (tertiary/aromatic N) is 2. The van der Waals surface area contributed by atoms with Crippen molar-refractivity contribution in [1.29, 1.82) is 0 Å². The molecule has 2 aliphatic rings. The van der Waals surface area contributed by atoms with Crippen molar-refractivity contribution in [2.75, 3.05) is 39.5 Å². The van der Waals surface area contributed by atoms with Crippen LogP contribution in [0.25, 0.3) is 0 Å². The molecule has 3 unspecified atom stereocenters. The summed E-state index contributed by atoms with van der Waals surface area (Å²) in [6, 6.07) is -0.0785. The average molecular weight is 656 g/mol. The lowest BCUT2D eigenvalue weighted by molar-refractivity contribution is -0.151. The van der Waals surface area contributed by atoms with E-state index >= 15 is 0 Å². The van der Waals surface area contributed by atoms with Crippen LogP contribution in [0.1, 0.15) is 133 Å². The lowest BCUT2D eigenvalue weighted by Crippen LogP contribution is -2.50. The molecule has 2 fully saturated rings. The third-order valence-electron chi connectivity index (χ3n) is 8.00. The van der Waals surface area contributed by atoms with E-state index in [-0.39, 0.29) is 54.2 Å². The Morgan fingerprint density at radius 3 is 1.96 bits per heavy atom. The molecule has 0 bridgehead atoms. The Balaban J connectivity index is 0.000000489. The summed E-state index contributed by atoms with van der Waals surface area (Å²) in [7, 11) is 0. The van der Waals surface area contributed by atoms with Gasteiger partial charge in [-0.3, -0.25) is 14.4 Å². The van der Waals surface area contributed by atoms with E-state index in [0.717, 1.165) is 64.3 Å². The summed E-state index contributed by atoms with van der Waals surface area (Å²) in [5, 5.41) is 2.99. The van der Waals surface area contributed by atoms with Crippen LogP contribution >= 0.6 is 0 Å². The number of hydrogen-bond donors (Lipinski definition) is 1. The zero-order valence-electron chi connectivity index (χ0n) is 30.8. The van der Waals surface area contributed by atoms with Crippen molar-refractivity contribution in [2.24, 2.45) is 0 Å². The second-order valence-electron chi connectivity index (χ2n) is 13.7. The minimum Gasteiger partial charge on any atom is -0.379 e. The molecule has 0 aliphatic carbocycles. The maximum atomic E-state index is 13.0. The maximum Gasteiger partial charge on any atom is 0.252 e. The standard InChI is InChI=1S/C21H40N2O4.C15H29NO3/c1-6-7-12-19(27-17(4)5)21(25)23-14-10-11-18(23)20(24)22-13-8-9-15-26-16(2)3;1-12(2)18-10-6-8-15(17)16-9-5-7-14(16)11-19-13(3)4/h16-19H,6-15H2,1-5H3,(H,22,24);12-14H,5-11H2,1-4H3. The van der Waals surface area contributed by atoms with E-state index in [0.29, 0.717) is 45.8 Å². The van der Waals surface area contributed by atoms with Gasteiger partial charge in [-0.15, -0.1) is 0 Å². The Morgan fingerprint density at radius 1 is 0.739 bits per heavy atom. The molecule has 3 atom stereocenters. The lowest BCUT2D eigenvalue weighted by atomic mass is 10.1. The SMILES string of the molecule is CC(C)OCCCC(=O)N1CCCC1COC(C)C.CCCCC(OC(C)C)C(=O)N1CCCC1C(=O)NCCCCOC(C)C. The molecule has 46 heavy (non-hydrogen) atoms. The monoisotopic (exact) mass is 656 g/mol. The molecule has 2 aliphatic heterocycles. The molecule has 0 radical (unpaired) electrons. The van der Waals surface area contributed by atoms with Crippen molar-refractivity contribution in [3.05, 3.63) is 0 Å². The number of carbonyl (C=O) groups excluding carboxylic acids is 3. The highest BCUT2D eigenvalue weighted by atomic mass is 16.5. The van der Waals surface area contributed by atoms with E-state index in [1.165, 1.54) is 0 Å². The van der Waals surface area contributed by atoms with Crippen LogP contribution in [0.2, 0.25) is 0 Å². The van der Waals surface area contributed by atoms with Crippen molar-refractivity contribution in [3.8, 4) is 0 Å². The minimum atomic E-state index is -0.438. The Labute approximate surface area is 281 Å². The summed E-state index contributed by atoms with van der Waals surface area (Å²) in [5.74, 6) is 0.187. The van der Waals surface area contributed by atoms with E-state index in [2.05, 4.69) is 12.2 Å². The van der Waals surface area contributed by atoms with Gasteiger partial charge in [-0.25, -0.2) is 0 Å². The maximum absolute atomic E-state index is 13.0. The van der Waals surface area contributed by atoms with Gasteiger partial charge in [0.1, 0.15) is 12.1 Å². The van der Waals surface area contributed by atoms with Crippen LogP contribution in [0.4, 0.5) is 0 Å². The molecule has 2 rings (SSSR count). The van der Waals surface area contributed by atoms with E-state index in [9.17, 15) is 14.4 Å². The van der Waals surface area contributed by atoms with E-state index in [1.807, 2.05) is 60.3 Å². The number of rotatable bonds is 21. The fourth-order valence-electron chi connectivity index (χ4n) is 5.66. The summed E-state index contributed by atoms with van der Waals surface area (Å²) in [6.07, 6.45) is 9.95. The van der Waals surface area contributed by atoms with Crippen LogP contribution in [0.5, 0.6) is 0 Å². The van der Waals surface area contributed by atoms with Gasteiger partial charge in [0.25, 0.3) is 5.91 Å². The Bertz CT molecular complexity index is 836. The second-order valence-corrected chi connectivity index (χ2v) is 13.7. The van der Waals surface area contributed by atoms with Crippen molar-refractivity contribution in [3.63, 3.8) is 0 Å². The highest BCUT2D eigenvalue weighted by Crippen LogP contribution is 2.22. The number of likely N-dealkylation sites (tertiary alicyclic amines) is 2. The first-order chi connectivity index (χ1) is 21.9. The average Bonchev–Trinajstić information content (AvgIpc) is 3.68. The molecule has 0 saturated carbocycles. The number of unbranched alkanes of at least 4 members (excludes halogenated alkanes) is 2. The normalized spacial score (nSPS) is 18.9. The smallest absolute Gasteiger partial charge is 0.252 e. The second kappa shape index (κ2) is 24.4. The summed E-state index contributed by atoms with van der Waals surface area (Å²) in [5.41, 5.74) is 0. The highest BCUT2D eigenvalue weighted by molar-refractivity contribution is 5.90. The minimum absolute atomic E-state index is 0.00116. The Kier molecular flexibility index (Phi) is 22.4. The van der Waals surface area contributed by atoms with Gasteiger partial charge < -0.3 is 34.1 Å². The van der Waals surface area contributed by atoms with E-state index in [4.69, 9.17) is 18.9 Å². The number of amides is 3. The molecule has 0 spiro atoms. The predicted molar refractivity (Wildman–Crippen MR) is 184 cm³/mol. The van der Waals surface area contributed by atoms with Crippen molar-refractivity contribution < 1.29 is 33.3 Å². The molecule has 2 saturated heterocycles. The molecule has 2 heterocycles. The first-order valence-electron chi connectivity index (χ1n) is 18.2. The molecule has 0 aromatic heterocycles. The van der Waals surface area contributed by atoms with Crippen LogP contribution in [-0.4, -0.2) is 110 Å². The van der Waals surface area contributed by atoms with Gasteiger partial charge in [0, 0.05) is 39.3 Å². The lowest BCUT2D eigenvalue weighted by Gasteiger charge is -2.29. The molecular formula is C36H69N3O7. The van der Waals surface area contributed by atoms with Gasteiger partial charge >= 0.3 is 0 Å². The van der Waals surface area contributed by atoms with Crippen molar-refractivity contribution in [1.82, 2.24) is 15.1 Å². The topological polar surface area (TPSA) is 107 Å². The zero-order valence-corrected chi connectivity index (χ0v) is 30.8. The van der Waals surface area contributed by atoms with Crippen LogP contribution in [0, 0.1) is 0 Å². The fourth-order valence-corrected chi connectivity index (χ4v) is 5.66. The Morgan fingerprint density at radius 2 is 1.35 bits per heavy atom. The van der Waals surface area contributed by atoms with Crippen LogP contribution in [0.15, 0.2) is 0 Å².